The number of methoxy groups -OCH3 is 1. The van der Waals surface area contributed by atoms with E-state index < -0.39 is 0 Å². The zero-order valence-electron chi connectivity index (χ0n) is 11.7. The summed E-state index contributed by atoms with van der Waals surface area (Å²) in [4.78, 5) is 3.94. The predicted molar refractivity (Wildman–Crippen MR) is 88.2 cm³/mol. The Hall–Kier alpha value is -2.09. The molecule has 2 aromatic rings. The standard InChI is InChI=1S/C13H15Cl2N5O2/c1-21-9-3-8(15)7(14)2-6(9)5-22-10-4-11(16)19-13(20-18)12(10)17/h2-4H,5,17-18H2,1H3,(H3,16,19,20). The number of nitrogens with one attached hydrogen (secondary N) is 1. The van der Waals surface area contributed by atoms with Crippen LogP contribution >= 0.6 is 23.2 Å². The van der Waals surface area contributed by atoms with Gasteiger partial charge >= 0.3 is 0 Å². The molecule has 9 heteroatoms. The van der Waals surface area contributed by atoms with Crippen molar-refractivity contribution in [1.29, 1.82) is 0 Å². The summed E-state index contributed by atoms with van der Waals surface area (Å²) in [6, 6.07) is 4.77. The number of benzene rings is 1. The van der Waals surface area contributed by atoms with Crippen LogP contribution in [0.3, 0.4) is 0 Å². The van der Waals surface area contributed by atoms with Crippen molar-refractivity contribution in [2.24, 2.45) is 5.84 Å². The summed E-state index contributed by atoms with van der Waals surface area (Å²) in [5.74, 6) is 6.66. The zero-order valence-corrected chi connectivity index (χ0v) is 13.2. The first-order valence-electron chi connectivity index (χ1n) is 6.13. The summed E-state index contributed by atoms with van der Waals surface area (Å²) in [5.41, 5.74) is 14.9. The second-order valence-electron chi connectivity index (χ2n) is 4.32. The minimum absolute atomic E-state index is 0.151. The van der Waals surface area contributed by atoms with Crippen LogP contribution in [0.1, 0.15) is 5.56 Å². The van der Waals surface area contributed by atoms with E-state index in [9.17, 15) is 0 Å². The van der Waals surface area contributed by atoms with E-state index >= 15 is 0 Å². The Balaban J connectivity index is 2.27. The first-order valence-corrected chi connectivity index (χ1v) is 6.89. The van der Waals surface area contributed by atoms with Gasteiger partial charge in [0.15, 0.2) is 5.82 Å². The maximum Gasteiger partial charge on any atom is 0.169 e. The van der Waals surface area contributed by atoms with E-state index in [1.54, 1.807) is 12.1 Å². The highest BCUT2D eigenvalue weighted by Gasteiger charge is 2.12. The van der Waals surface area contributed by atoms with Crippen LogP contribution in [0.25, 0.3) is 0 Å². The van der Waals surface area contributed by atoms with Crippen LogP contribution in [0.4, 0.5) is 17.3 Å². The maximum atomic E-state index is 6.00. The number of hydrogen-bond donors (Lipinski definition) is 4. The number of pyridine rings is 1. The molecule has 1 aromatic carbocycles. The molecule has 0 radical (unpaired) electrons. The Kier molecular flexibility index (Phi) is 5.02. The van der Waals surface area contributed by atoms with Crippen molar-refractivity contribution in [3.05, 3.63) is 33.8 Å². The van der Waals surface area contributed by atoms with Crippen LogP contribution in [0.2, 0.25) is 10.0 Å². The smallest absolute Gasteiger partial charge is 0.169 e. The summed E-state index contributed by atoms with van der Waals surface area (Å²) in [6.45, 7) is 0.151. The van der Waals surface area contributed by atoms with Crippen molar-refractivity contribution in [2.75, 3.05) is 24.0 Å². The van der Waals surface area contributed by atoms with Gasteiger partial charge in [-0.1, -0.05) is 23.2 Å². The molecule has 22 heavy (non-hydrogen) atoms. The maximum absolute atomic E-state index is 6.00. The largest absolute Gasteiger partial charge is 0.496 e. The lowest BCUT2D eigenvalue weighted by atomic mass is 10.2. The molecule has 7 nitrogen and oxygen atoms in total. The molecule has 0 spiro atoms. The van der Waals surface area contributed by atoms with Crippen LogP contribution in [-0.4, -0.2) is 12.1 Å². The lowest BCUT2D eigenvalue weighted by molar-refractivity contribution is 0.298. The number of nitrogen functional groups attached to an aromatic ring is 3. The molecule has 0 aliphatic rings. The SMILES string of the molecule is COc1cc(Cl)c(Cl)cc1COc1cc(N)nc(NN)c1N. The third-order valence-electron chi connectivity index (χ3n) is 2.88. The third-order valence-corrected chi connectivity index (χ3v) is 3.61. The van der Waals surface area contributed by atoms with Gasteiger partial charge in [0, 0.05) is 17.7 Å². The van der Waals surface area contributed by atoms with Gasteiger partial charge in [-0.25, -0.2) is 10.8 Å². The Morgan fingerprint density at radius 2 is 1.82 bits per heavy atom. The Labute approximate surface area is 137 Å². The number of hydrogen-bond acceptors (Lipinski definition) is 7. The van der Waals surface area contributed by atoms with Gasteiger partial charge < -0.3 is 26.4 Å². The van der Waals surface area contributed by atoms with Gasteiger partial charge in [0.2, 0.25) is 0 Å². The second-order valence-corrected chi connectivity index (χ2v) is 5.13. The Morgan fingerprint density at radius 1 is 1.14 bits per heavy atom. The number of nitrogens with two attached hydrogens (primary N) is 3. The van der Waals surface area contributed by atoms with Crippen molar-refractivity contribution in [3.63, 3.8) is 0 Å². The molecule has 0 bridgehead atoms. The molecule has 0 unspecified atom stereocenters. The highest BCUT2D eigenvalue weighted by atomic mass is 35.5. The average molecular weight is 344 g/mol. The van der Waals surface area contributed by atoms with Crippen molar-refractivity contribution in [1.82, 2.24) is 4.98 Å². The third kappa shape index (κ3) is 3.38. The molecule has 0 aliphatic heterocycles. The molecule has 1 aromatic heterocycles. The van der Waals surface area contributed by atoms with E-state index in [-0.39, 0.29) is 23.9 Å². The molecule has 0 atom stereocenters. The monoisotopic (exact) mass is 343 g/mol. The molecule has 0 aliphatic carbocycles. The molecule has 2 rings (SSSR count). The Morgan fingerprint density at radius 3 is 2.45 bits per heavy atom. The molecule has 7 N–H and O–H groups in total. The van der Waals surface area contributed by atoms with Gasteiger partial charge in [-0.15, -0.1) is 0 Å². The molecule has 118 valence electrons. The fraction of sp³-hybridized carbons (Fsp3) is 0.154. The van der Waals surface area contributed by atoms with E-state index in [1.807, 2.05) is 0 Å². The van der Waals surface area contributed by atoms with Crippen molar-refractivity contribution >= 4 is 40.5 Å². The number of hydrazine groups is 1. The summed E-state index contributed by atoms with van der Waals surface area (Å²) in [5, 5.41) is 0.789. The van der Waals surface area contributed by atoms with Crippen LogP contribution in [0, 0.1) is 0 Å². The number of anilines is 3. The molecular weight excluding hydrogens is 329 g/mol. The number of halogens is 2. The minimum atomic E-state index is 0.151. The topological polar surface area (TPSA) is 121 Å². The first-order chi connectivity index (χ1) is 10.5. The number of rotatable bonds is 5. The highest BCUT2D eigenvalue weighted by Crippen LogP contribution is 2.33. The van der Waals surface area contributed by atoms with Gasteiger partial charge in [0.25, 0.3) is 0 Å². The van der Waals surface area contributed by atoms with Gasteiger partial charge in [0.05, 0.1) is 17.2 Å². The average Bonchev–Trinajstić information content (AvgIpc) is 2.50. The quantitative estimate of drug-likeness (QED) is 0.485. The minimum Gasteiger partial charge on any atom is -0.496 e. The molecule has 0 saturated carbocycles. The van der Waals surface area contributed by atoms with Crippen molar-refractivity contribution in [2.45, 2.75) is 6.61 Å². The lowest BCUT2D eigenvalue weighted by Gasteiger charge is -2.14. The molecule has 0 fully saturated rings. The van der Waals surface area contributed by atoms with Gasteiger partial charge in [-0.2, -0.15) is 0 Å². The van der Waals surface area contributed by atoms with Crippen molar-refractivity contribution < 1.29 is 9.47 Å². The van der Waals surface area contributed by atoms with E-state index in [0.717, 1.165) is 0 Å². The second kappa shape index (κ2) is 6.78. The van der Waals surface area contributed by atoms with E-state index in [4.69, 9.17) is 50.0 Å². The van der Waals surface area contributed by atoms with Crippen LogP contribution in [0.5, 0.6) is 11.5 Å². The van der Waals surface area contributed by atoms with Gasteiger partial charge in [-0.05, 0) is 6.07 Å². The molecular formula is C13H15Cl2N5O2. The van der Waals surface area contributed by atoms with E-state index in [2.05, 4.69) is 10.4 Å². The fourth-order valence-corrected chi connectivity index (χ4v) is 2.15. The van der Waals surface area contributed by atoms with Crippen LogP contribution in [0.15, 0.2) is 18.2 Å². The zero-order chi connectivity index (χ0) is 16.3. The fourth-order valence-electron chi connectivity index (χ4n) is 1.81. The van der Waals surface area contributed by atoms with E-state index in [0.29, 0.717) is 27.1 Å². The van der Waals surface area contributed by atoms with Crippen LogP contribution < -0.4 is 32.2 Å². The van der Waals surface area contributed by atoms with Gasteiger partial charge in [0.1, 0.15) is 29.6 Å². The first kappa shape index (κ1) is 16.3. The number of nitrogens with zero attached hydrogens (tertiary/aromatic N) is 1. The van der Waals surface area contributed by atoms with E-state index in [1.165, 1.54) is 13.2 Å². The predicted octanol–water partition coefficient (Wildman–Crippen LogP) is 2.43. The Bertz CT molecular complexity index is 697. The summed E-state index contributed by atoms with van der Waals surface area (Å²) in [6.07, 6.45) is 0. The van der Waals surface area contributed by atoms with Gasteiger partial charge in [-0.3, -0.25) is 0 Å². The molecule has 1 heterocycles. The molecule has 0 amide bonds. The summed E-state index contributed by atoms with van der Waals surface area (Å²) < 4.78 is 10.9. The van der Waals surface area contributed by atoms with Crippen molar-refractivity contribution in [3.8, 4) is 11.5 Å². The number of aromatic nitrogens is 1. The van der Waals surface area contributed by atoms with Crippen LogP contribution in [-0.2, 0) is 6.61 Å². The summed E-state index contributed by atoms with van der Waals surface area (Å²) in [7, 11) is 1.53. The highest BCUT2D eigenvalue weighted by molar-refractivity contribution is 6.42. The molecule has 0 saturated heterocycles. The summed E-state index contributed by atoms with van der Waals surface area (Å²) >= 11 is 12.0. The normalized spacial score (nSPS) is 10.4. The number of ether oxygens (including phenoxy) is 2. The lowest BCUT2D eigenvalue weighted by Crippen LogP contribution is -2.13.